The van der Waals surface area contributed by atoms with Crippen molar-refractivity contribution in [1.82, 2.24) is 19.9 Å². The van der Waals surface area contributed by atoms with Crippen LogP contribution in [0.25, 0.3) is 10.2 Å². The second-order valence-electron chi connectivity index (χ2n) is 8.22. The summed E-state index contributed by atoms with van der Waals surface area (Å²) in [7, 11) is 0. The molecular formula is C24H24ClN7OS. The van der Waals surface area contributed by atoms with E-state index in [0.29, 0.717) is 34.8 Å². The molecule has 0 bridgehead atoms. The summed E-state index contributed by atoms with van der Waals surface area (Å²) in [6.07, 6.45) is 3.47. The van der Waals surface area contributed by atoms with Crippen LogP contribution in [0.2, 0.25) is 5.02 Å². The van der Waals surface area contributed by atoms with Crippen molar-refractivity contribution in [2.45, 2.75) is 12.8 Å². The number of benzene rings is 2. The average Bonchev–Trinajstić information content (AvgIpc) is 3.34. The lowest BCUT2D eigenvalue weighted by molar-refractivity contribution is 0.0693. The lowest BCUT2D eigenvalue weighted by Crippen LogP contribution is -2.40. The summed E-state index contributed by atoms with van der Waals surface area (Å²) < 4.78 is 1.08. The number of anilines is 4. The zero-order valence-corrected chi connectivity index (χ0v) is 19.9. The van der Waals surface area contributed by atoms with E-state index in [1.807, 2.05) is 52.9 Å². The molecule has 34 heavy (non-hydrogen) atoms. The summed E-state index contributed by atoms with van der Waals surface area (Å²) in [5.74, 6) is 1.46. The number of hydrogen-bond acceptors (Lipinski definition) is 8. The Labute approximate surface area is 206 Å². The Morgan fingerprint density at radius 2 is 1.85 bits per heavy atom. The molecule has 3 heterocycles. The van der Waals surface area contributed by atoms with Crippen molar-refractivity contribution in [3.63, 3.8) is 0 Å². The van der Waals surface area contributed by atoms with Crippen molar-refractivity contribution in [1.29, 1.82) is 0 Å². The van der Waals surface area contributed by atoms with E-state index < -0.39 is 0 Å². The monoisotopic (exact) mass is 493 g/mol. The fourth-order valence-electron chi connectivity index (χ4n) is 3.96. The third kappa shape index (κ3) is 4.96. The Kier molecular flexibility index (Phi) is 6.57. The van der Waals surface area contributed by atoms with Crippen molar-refractivity contribution in [3.8, 4) is 0 Å². The van der Waals surface area contributed by atoms with Gasteiger partial charge in [0.25, 0.3) is 5.91 Å². The molecule has 4 aromatic rings. The molecule has 1 saturated heterocycles. The van der Waals surface area contributed by atoms with E-state index in [2.05, 4.69) is 25.6 Å². The van der Waals surface area contributed by atoms with Gasteiger partial charge in [0.15, 0.2) is 5.82 Å². The molecule has 0 unspecified atom stereocenters. The first-order valence-corrected chi connectivity index (χ1v) is 12.3. The quantitative estimate of drug-likeness (QED) is 0.345. The summed E-state index contributed by atoms with van der Waals surface area (Å²) in [6, 6.07) is 13.2. The number of hydrogen-bond donors (Lipinski definition) is 3. The average molecular weight is 494 g/mol. The maximum atomic E-state index is 12.8. The summed E-state index contributed by atoms with van der Waals surface area (Å²) in [5, 5.41) is 6.83. The summed E-state index contributed by atoms with van der Waals surface area (Å²) in [4.78, 5) is 27.8. The zero-order valence-electron chi connectivity index (χ0n) is 18.4. The number of nitrogens with one attached hydrogen (secondary N) is 2. The SMILES string of the molecule is NCC1CCN(C(=O)c2ccc(Nc3ncc(Cl)c(Nc4ccc5ncsc5c4)n3)cc2)CC1. The molecule has 0 spiro atoms. The second-order valence-corrected chi connectivity index (χ2v) is 9.52. The van der Waals surface area contributed by atoms with Gasteiger partial charge in [-0.25, -0.2) is 9.97 Å². The molecule has 0 atom stereocenters. The van der Waals surface area contributed by atoms with Crippen molar-refractivity contribution in [2.75, 3.05) is 30.3 Å². The number of rotatable bonds is 6. The first kappa shape index (κ1) is 22.5. The summed E-state index contributed by atoms with van der Waals surface area (Å²) in [5.41, 5.74) is 10.8. The molecule has 0 radical (unpaired) electrons. The number of nitrogens with two attached hydrogens (primary N) is 1. The minimum Gasteiger partial charge on any atom is -0.339 e. The van der Waals surface area contributed by atoms with Gasteiger partial charge < -0.3 is 21.3 Å². The van der Waals surface area contributed by atoms with Gasteiger partial charge in [-0.15, -0.1) is 11.3 Å². The van der Waals surface area contributed by atoms with Crippen LogP contribution in [0.3, 0.4) is 0 Å². The standard InChI is InChI=1S/C24H24ClN7OS/c25-19-13-27-24(31-22(19)29-18-5-6-20-21(11-18)34-14-28-20)30-17-3-1-16(2-4-17)23(33)32-9-7-15(12-26)8-10-32/h1-6,11,13-15H,7-10,12,26H2,(H2,27,29,30,31). The number of piperidine rings is 1. The second kappa shape index (κ2) is 9.92. The minimum absolute atomic E-state index is 0.0501. The number of aromatic nitrogens is 3. The largest absolute Gasteiger partial charge is 0.339 e. The van der Waals surface area contributed by atoms with Gasteiger partial charge in [-0.05, 0) is 67.8 Å². The molecule has 2 aromatic carbocycles. The Morgan fingerprint density at radius 3 is 2.62 bits per heavy atom. The Hall–Kier alpha value is -3.27. The number of nitrogens with zero attached hydrogens (tertiary/aromatic N) is 4. The smallest absolute Gasteiger partial charge is 0.253 e. The highest BCUT2D eigenvalue weighted by molar-refractivity contribution is 7.16. The first-order chi connectivity index (χ1) is 16.6. The third-order valence-corrected chi connectivity index (χ3v) is 7.03. The van der Waals surface area contributed by atoms with Gasteiger partial charge in [-0.3, -0.25) is 4.79 Å². The van der Waals surface area contributed by atoms with Crippen LogP contribution >= 0.6 is 22.9 Å². The maximum absolute atomic E-state index is 12.8. The fourth-order valence-corrected chi connectivity index (χ4v) is 4.82. The first-order valence-electron chi connectivity index (χ1n) is 11.1. The van der Waals surface area contributed by atoms with Gasteiger partial charge in [0, 0.05) is 30.0 Å². The molecule has 1 aliphatic heterocycles. The van der Waals surface area contributed by atoms with Crippen LogP contribution in [0.5, 0.6) is 0 Å². The predicted molar refractivity (Wildman–Crippen MR) is 137 cm³/mol. The maximum Gasteiger partial charge on any atom is 0.253 e. The highest BCUT2D eigenvalue weighted by Gasteiger charge is 2.22. The number of fused-ring (bicyclic) bond motifs is 1. The van der Waals surface area contributed by atoms with Crippen LogP contribution in [0.15, 0.2) is 54.2 Å². The molecule has 2 aromatic heterocycles. The third-order valence-electron chi connectivity index (χ3n) is 5.96. The van der Waals surface area contributed by atoms with Crippen LogP contribution in [-0.2, 0) is 0 Å². The molecule has 4 N–H and O–H groups in total. The van der Waals surface area contributed by atoms with Gasteiger partial charge in [0.05, 0.1) is 21.9 Å². The van der Waals surface area contributed by atoms with Crippen molar-refractivity contribution >= 4 is 62.2 Å². The predicted octanol–water partition coefficient (Wildman–Crippen LogP) is 5.04. The van der Waals surface area contributed by atoms with E-state index in [0.717, 1.165) is 47.5 Å². The van der Waals surface area contributed by atoms with Crippen LogP contribution in [0.1, 0.15) is 23.2 Å². The normalized spacial score (nSPS) is 14.4. The molecule has 174 valence electrons. The highest BCUT2D eigenvalue weighted by atomic mass is 35.5. The van der Waals surface area contributed by atoms with Gasteiger partial charge in [0.1, 0.15) is 5.02 Å². The molecule has 1 amide bonds. The van der Waals surface area contributed by atoms with E-state index in [1.165, 1.54) is 0 Å². The lowest BCUT2D eigenvalue weighted by Gasteiger charge is -2.31. The van der Waals surface area contributed by atoms with Crippen molar-refractivity contribution in [3.05, 3.63) is 64.8 Å². The summed E-state index contributed by atoms with van der Waals surface area (Å²) >= 11 is 7.89. The van der Waals surface area contributed by atoms with Crippen molar-refractivity contribution in [2.24, 2.45) is 11.7 Å². The van der Waals surface area contributed by atoms with E-state index in [4.69, 9.17) is 17.3 Å². The molecule has 0 aliphatic carbocycles. The number of halogens is 1. The van der Waals surface area contributed by atoms with Gasteiger partial charge in [-0.2, -0.15) is 4.98 Å². The number of carbonyl (C=O) groups excluding carboxylic acids is 1. The Bertz CT molecular complexity index is 1300. The Balaban J connectivity index is 1.25. The molecular weight excluding hydrogens is 470 g/mol. The van der Waals surface area contributed by atoms with E-state index in [1.54, 1.807) is 17.5 Å². The van der Waals surface area contributed by atoms with Gasteiger partial charge >= 0.3 is 0 Å². The van der Waals surface area contributed by atoms with Gasteiger partial charge in [0.2, 0.25) is 5.95 Å². The minimum atomic E-state index is 0.0501. The topological polar surface area (TPSA) is 109 Å². The van der Waals surface area contributed by atoms with E-state index >= 15 is 0 Å². The molecule has 0 saturated carbocycles. The van der Waals surface area contributed by atoms with Crippen LogP contribution in [-0.4, -0.2) is 45.4 Å². The molecule has 5 rings (SSSR count). The fraction of sp³-hybridized carbons (Fsp3) is 0.250. The summed E-state index contributed by atoms with van der Waals surface area (Å²) in [6.45, 7) is 2.20. The molecule has 1 aliphatic rings. The Morgan fingerprint density at radius 1 is 1.09 bits per heavy atom. The van der Waals surface area contributed by atoms with E-state index in [9.17, 15) is 4.79 Å². The molecule has 8 nitrogen and oxygen atoms in total. The van der Waals surface area contributed by atoms with Crippen LogP contribution in [0.4, 0.5) is 23.1 Å². The lowest BCUT2D eigenvalue weighted by atomic mass is 9.96. The van der Waals surface area contributed by atoms with Crippen molar-refractivity contribution < 1.29 is 4.79 Å². The zero-order chi connectivity index (χ0) is 23.5. The van der Waals surface area contributed by atoms with Crippen LogP contribution in [0, 0.1) is 5.92 Å². The molecule has 10 heteroatoms. The van der Waals surface area contributed by atoms with E-state index in [-0.39, 0.29) is 5.91 Å². The number of amides is 1. The number of thiazole rings is 1. The van der Waals surface area contributed by atoms with Gasteiger partial charge in [-0.1, -0.05) is 11.6 Å². The number of carbonyl (C=O) groups is 1. The number of likely N-dealkylation sites (tertiary alicyclic amines) is 1. The highest BCUT2D eigenvalue weighted by Crippen LogP contribution is 2.28. The molecule has 1 fully saturated rings. The van der Waals surface area contributed by atoms with Crippen LogP contribution < -0.4 is 16.4 Å².